The molecule has 1 aliphatic rings. The standard InChI is InChI=1S/C19H14O/c20-18-16-12-7-13-17(18)19(16,14-8-3-1-4-9-14)15-10-5-2-6-11-15/h1-13,20H. The van der Waals surface area contributed by atoms with Gasteiger partial charge in [0.05, 0.1) is 5.41 Å². The third-order valence-corrected chi connectivity index (χ3v) is 4.26. The van der Waals surface area contributed by atoms with Crippen molar-refractivity contribution in [1.29, 1.82) is 0 Å². The molecular weight excluding hydrogens is 244 g/mol. The minimum absolute atomic E-state index is 0.304. The number of hydrogen-bond acceptors (Lipinski definition) is 1. The highest BCUT2D eigenvalue weighted by Gasteiger charge is 2.49. The van der Waals surface area contributed by atoms with Crippen LogP contribution in [0, 0.1) is 0 Å². The molecule has 0 spiro atoms. The van der Waals surface area contributed by atoms with E-state index in [1.807, 2.05) is 30.3 Å². The molecule has 1 heteroatoms. The Bertz CT molecular complexity index is 697. The van der Waals surface area contributed by atoms with E-state index in [1.165, 1.54) is 11.1 Å². The van der Waals surface area contributed by atoms with E-state index in [4.69, 9.17) is 0 Å². The van der Waals surface area contributed by atoms with Gasteiger partial charge in [0.25, 0.3) is 0 Å². The molecule has 0 amide bonds. The van der Waals surface area contributed by atoms with Gasteiger partial charge in [-0.2, -0.15) is 0 Å². The van der Waals surface area contributed by atoms with Crippen molar-refractivity contribution in [3.8, 4) is 5.75 Å². The monoisotopic (exact) mass is 258 g/mol. The first-order valence-electron chi connectivity index (χ1n) is 6.79. The van der Waals surface area contributed by atoms with Crippen LogP contribution in [0.15, 0.2) is 78.9 Å². The number of phenolic OH excluding ortho intramolecular Hbond substituents is 1. The van der Waals surface area contributed by atoms with E-state index in [0.717, 1.165) is 11.1 Å². The molecule has 0 radical (unpaired) electrons. The molecule has 0 saturated heterocycles. The Kier molecular flexibility index (Phi) is 2.25. The summed E-state index contributed by atoms with van der Waals surface area (Å²) in [5.74, 6) is 0.431. The van der Waals surface area contributed by atoms with Crippen LogP contribution in [0.1, 0.15) is 22.3 Å². The molecule has 4 rings (SSSR count). The first-order chi connectivity index (χ1) is 9.85. The van der Waals surface area contributed by atoms with Crippen LogP contribution < -0.4 is 0 Å². The molecule has 1 N–H and O–H groups in total. The summed E-state index contributed by atoms with van der Waals surface area (Å²) in [7, 11) is 0. The third kappa shape index (κ3) is 1.22. The Hall–Kier alpha value is -2.54. The maximum atomic E-state index is 10.2. The van der Waals surface area contributed by atoms with Gasteiger partial charge in [0.15, 0.2) is 0 Å². The first-order valence-corrected chi connectivity index (χ1v) is 6.79. The van der Waals surface area contributed by atoms with E-state index >= 15 is 0 Å². The van der Waals surface area contributed by atoms with Gasteiger partial charge in [-0.1, -0.05) is 78.9 Å². The van der Waals surface area contributed by atoms with Crippen LogP contribution in [-0.2, 0) is 5.41 Å². The van der Waals surface area contributed by atoms with E-state index in [-0.39, 0.29) is 5.41 Å². The van der Waals surface area contributed by atoms with Crippen molar-refractivity contribution in [2.75, 3.05) is 0 Å². The summed E-state index contributed by atoms with van der Waals surface area (Å²) in [4.78, 5) is 0. The summed E-state index contributed by atoms with van der Waals surface area (Å²) in [5.41, 5.74) is 4.09. The average Bonchev–Trinajstić information content (AvgIpc) is 2.55. The lowest BCUT2D eigenvalue weighted by Gasteiger charge is -2.44. The third-order valence-electron chi connectivity index (χ3n) is 4.26. The Morgan fingerprint density at radius 2 is 1.00 bits per heavy atom. The zero-order valence-electron chi connectivity index (χ0n) is 11.0. The van der Waals surface area contributed by atoms with E-state index in [9.17, 15) is 5.11 Å². The van der Waals surface area contributed by atoms with Crippen molar-refractivity contribution in [2.45, 2.75) is 5.41 Å². The molecule has 0 fully saturated rings. The van der Waals surface area contributed by atoms with Crippen LogP contribution >= 0.6 is 0 Å². The highest BCUT2D eigenvalue weighted by atomic mass is 16.3. The second-order valence-electron chi connectivity index (χ2n) is 5.18. The molecule has 96 valence electrons. The Balaban J connectivity index is 2.04. The minimum Gasteiger partial charge on any atom is -0.507 e. The molecule has 0 unspecified atom stereocenters. The average molecular weight is 258 g/mol. The maximum absolute atomic E-state index is 10.2. The lowest BCUT2D eigenvalue weighted by molar-refractivity contribution is 0.419. The van der Waals surface area contributed by atoms with Gasteiger partial charge >= 0.3 is 0 Å². The molecule has 0 aliphatic heterocycles. The minimum atomic E-state index is -0.304. The smallest absolute Gasteiger partial charge is 0.125 e. The first kappa shape index (κ1) is 11.3. The number of benzene rings is 3. The van der Waals surface area contributed by atoms with Gasteiger partial charge in [0.1, 0.15) is 5.75 Å². The zero-order chi connectivity index (χ0) is 13.6. The summed E-state index contributed by atoms with van der Waals surface area (Å²) in [6, 6.07) is 26.8. The van der Waals surface area contributed by atoms with Gasteiger partial charge in [0.2, 0.25) is 0 Å². The van der Waals surface area contributed by atoms with Crippen molar-refractivity contribution in [3.05, 3.63) is 101 Å². The summed E-state index contributed by atoms with van der Waals surface area (Å²) < 4.78 is 0. The maximum Gasteiger partial charge on any atom is 0.125 e. The molecule has 0 atom stereocenters. The lowest BCUT2D eigenvalue weighted by Crippen LogP contribution is -2.37. The van der Waals surface area contributed by atoms with Crippen LogP contribution in [0.2, 0.25) is 0 Å². The summed E-state index contributed by atoms with van der Waals surface area (Å²) in [5, 5.41) is 10.2. The Morgan fingerprint density at radius 1 is 0.550 bits per heavy atom. The largest absolute Gasteiger partial charge is 0.507 e. The van der Waals surface area contributed by atoms with Crippen molar-refractivity contribution in [2.24, 2.45) is 0 Å². The van der Waals surface area contributed by atoms with Gasteiger partial charge in [0, 0.05) is 11.1 Å². The summed E-state index contributed by atoms with van der Waals surface area (Å²) in [6.07, 6.45) is 0. The highest BCUT2D eigenvalue weighted by molar-refractivity contribution is 5.74. The van der Waals surface area contributed by atoms with Gasteiger partial charge in [-0.25, -0.2) is 0 Å². The zero-order valence-corrected chi connectivity index (χ0v) is 11.0. The fourth-order valence-corrected chi connectivity index (χ4v) is 3.40. The SMILES string of the molecule is Oc1c2cccc1C2(c1ccccc1)c1ccccc1. The van der Waals surface area contributed by atoms with Crippen molar-refractivity contribution < 1.29 is 5.11 Å². The number of hydrogen-bond donors (Lipinski definition) is 1. The lowest BCUT2D eigenvalue weighted by atomic mass is 9.57. The van der Waals surface area contributed by atoms with Crippen molar-refractivity contribution >= 4 is 0 Å². The van der Waals surface area contributed by atoms with E-state index in [1.54, 1.807) is 0 Å². The van der Waals surface area contributed by atoms with Gasteiger partial charge in [-0.05, 0) is 11.1 Å². The van der Waals surface area contributed by atoms with E-state index in [0.29, 0.717) is 5.75 Å². The second kappa shape index (κ2) is 3.97. The molecule has 0 aromatic heterocycles. The van der Waals surface area contributed by atoms with Crippen LogP contribution in [0.4, 0.5) is 0 Å². The topological polar surface area (TPSA) is 20.2 Å². The van der Waals surface area contributed by atoms with E-state index in [2.05, 4.69) is 48.5 Å². The van der Waals surface area contributed by atoms with Crippen LogP contribution in [-0.4, -0.2) is 5.11 Å². The van der Waals surface area contributed by atoms with Gasteiger partial charge in [-0.3, -0.25) is 0 Å². The molecule has 1 aliphatic carbocycles. The van der Waals surface area contributed by atoms with E-state index < -0.39 is 0 Å². The normalized spacial score (nSPS) is 14.6. The highest BCUT2D eigenvalue weighted by Crippen LogP contribution is 2.58. The van der Waals surface area contributed by atoms with Gasteiger partial charge < -0.3 is 5.11 Å². The molecule has 20 heavy (non-hydrogen) atoms. The van der Waals surface area contributed by atoms with Crippen molar-refractivity contribution in [1.82, 2.24) is 0 Å². The predicted octanol–water partition coefficient (Wildman–Crippen LogP) is 4.09. The Labute approximate surface area is 118 Å². The fourth-order valence-electron chi connectivity index (χ4n) is 3.40. The number of fused-ring (bicyclic) bond motifs is 2. The van der Waals surface area contributed by atoms with Crippen molar-refractivity contribution in [3.63, 3.8) is 0 Å². The number of aromatic hydroxyl groups is 1. The molecule has 3 aromatic carbocycles. The van der Waals surface area contributed by atoms with Crippen LogP contribution in [0.3, 0.4) is 0 Å². The molecule has 0 saturated carbocycles. The molecule has 2 bridgehead atoms. The van der Waals surface area contributed by atoms with Crippen LogP contribution in [0.25, 0.3) is 0 Å². The number of para-hydroxylation sites is 1. The summed E-state index contributed by atoms with van der Waals surface area (Å²) in [6.45, 7) is 0. The molecule has 3 aromatic rings. The quantitative estimate of drug-likeness (QED) is 0.574. The van der Waals surface area contributed by atoms with Crippen LogP contribution in [0.5, 0.6) is 5.75 Å². The Morgan fingerprint density at radius 3 is 1.40 bits per heavy atom. The number of rotatable bonds is 2. The summed E-state index contributed by atoms with van der Waals surface area (Å²) >= 11 is 0. The molecule has 1 nitrogen and oxygen atoms in total. The number of phenols is 1. The predicted molar refractivity (Wildman–Crippen MR) is 80.0 cm³/mol. The van der Waals surface area contributed by atoms with Gasteiger partial charge in [-0.15, -0.1) is 0 Å². The second-order valence-corrected chi connectivity index (χ2v) is 5.18. The molecular formula is C19H14O. The molecule has 0 heterocycles. The fraction of sp³-hybridized carbons (Fsp3) is 0.0526.